The highest BCUT2D eigenvalue weighted by atomic mass is 16.6. The average Bonchev–Trinajstić information content (AvgIpc) is 3.53. The van der Waals surface area contributed by atoms with Crippen LogP contribution in [-0.2, 0) is 27.2 Å². The van der Waals surface area contributed by atoms with Gasteiger partial charge < -0.3 is 59.8 Å². The molecule has 4 aromatic rings. The Balaban J connectivity index is 1.41. The molecule has 1 aromatic heterocycles. The molecule has 50 heavy (non-hydrogen) atoms. The Bertz CT molecular complexity index is 1770. The zero-order chi connectivity index (χ0) is 35.9. The van der Waals surface area contributed by atoms with E-state index in [1.807, 2.05) is 0 Å². The van der Waals surface area contributed by atoms with Gasteiger partial charge in [0.1, 0.15) is 23.4 Å². The first-order valence-electron chi connectivity index (χ1n) is 16.0. The minimum absolute atomic E-state index is 0.0115. The molecule has 5 rings (SSSR count). The van der Waals surface area contributed by atoms with Crippen molar-refractivity contribution in [3.63, 3.8) is 0 Å². The van der Waals surface area contributed by atoms with E-state index in [9.17, 15) is 45.6 Å². The summed E-state index contributed by atoms with van der Waals surface area (Å²) in [6.07, 6.45) is 2.44. The standard InChI is InChI=1S/C34H39N3O13/c1-2-3-4-5-8-47-9-6-20-17-37(36-35-20)7-10-48-32-28-22(39)15-21(38)16-27(28)49-31(18-11-23(40)29(44)24(41)12-18)33(32)50-34(46)19-13-25(42)30(45)26(43)14-19/h11-17,31-33,38-45H,2-10H2,1H3. The first-order valence-corrected chi connectivity index (χ1v) is 16.0. The third-order valence-electron chi connectivity index (χ3n) is 8.06. The molecule has 8 N–H and O–H groups in total. The number of carbonyl (C=O) groups excluding carboxylic acids is 1. The van der Waals surface area contributed by atoms with Crippen molar-refractivity contribution < 1.29 is 64.6 Å². The zero-order valence-electron chi connectivity index (χ0n) is 27.1. The monoisotopic (exact) mass is 697 g/mol. The molecule has 16 nitrogen and oxygen atoms in total. The van der Waals surface area contributed by atoms with Gasteiger partial charge in [0.15, 0.2) is 46.7 Å². The summed E-state index contributed by atoms with van der Waals surface area (Å²) in [5.41, 5.74) is 0.285. The molecule has 1 aliphatic rings. The quantitative estimate of drug-likeness (QED) is 0.0493. The normalized spacial score (nSPS) is 16.9. The van der Waals surface area contributed by atoms with E-state index in [1.165, 1.54) is 17.2 Å². The molecule has 0 saturated heterocycles. The second kappa shape index (κ2) is 15.7. The lowest BCUT2D eigenvalue weighted by Crippen LogP contribution is -2.39. The minimum Gasteiger partial charge on any atom is -0.508 e. The number of esters is 1. The second-order valence-corrected chi connectivity index (χ2v) is 11.7. The molecule has 0 fully saturated rings. The van der Waals surface area contributed by atoms with Crippen LogP contribution in [0.5, 0.6) is 51.7 Å². The van der Waals surface area contributed by atoms with E-state index < -0.39 is 64.5 Å². The molecule has 3 atom stereocenters. The SMILES string of the molecule is CCCCCCOCCc1cn(CCOC2c3c(O)cc(O)cc3OC(c3cc(O)c(O)c(O)c3)C2OC(=O)c2cc(O)c(O)c(O)c2)nn1. The third-order valence-corrected chi connectivity index (χ3v) is 8.06. The number of hydrogen-bond acceptors (Lipinski definition) is 15. The van der Waals surface area contributed by atoms with Crippen LogP contribution >= 0.6 is 0 Å². The fraction of sp³-hybridized carbons (Fsp3) is 0.382. The van der Waals surface area contributed by atoms with Crippen LogP contribution in [0.25, 0.3) is 0 Å². The lowest BCUT2D eigenvalue weighted by molar-refractivity contribution is -0.112. The van der Waals surface area contributed by atoms with Gasteiger partial charge in [-0.25, -0.2) is 9.48 Å². The predicted molar refractivity (Wildman–Crippen MR) is 173 cm³/mol. The number of rotatable bonds is 15. The first-order chi connectivity index (χ1) is 24.0. The number of phenolic OH excluding ortho intramolecular Hbond substituents is 8. The molecule has 268 valence electrons. The highest BCUT2D eigenvalue weighted by Crippen LogP contribution is 2.51. The first kappa shape index (κ1) is 35.7. The van der Waals surface area contributed by atoms with Crippen LogP contribution in [0.2, 0.25) is 0 Å². The van der Waals surface area contributed by atoms with E-state index in [0.29, 0.717) is 25.3 Å². The maximum atomic E-state index is 13.5. The van der Waals surface area contributed by atoms with Crippen molar-refractivity contribution in [2.75, 3.05) is 19.8 Å². The van der Waals surface area contributed by atoms with E-state index >= 15 is 0 Å². The lowest BCUT2D eigenvalue weighted by atomic mass is 9.90. The minimum atomic E-state index is -1.52. The number of fused-ring (bicyclic) bond motifs is 1. The number of carbonyl (C=O) groups is 1. The van der Waals surface area contributed by atoms with E-state index in [4.69, 9.17) is 18.9 Å². The summed E-state index contributed by atoms with van der Waals surface area (Å²) in [5.74, 6) is -6.82. The fourth-order valence-corrected chi connectivity index (χ4v) is 5.52. The maximum Gasteiger partial charge on any atom is 0.338 e. The van der Waals surface area contributed by atoms with Crippen LogP contribution in [0.15, 0.2) is 42.6 Å². The van der Waals surface area contributed by atoms with Gasteiger partial charge in [-0.1, -0.05) is 31.4 Å². The highest BCUT2D eigenvalue weighted by molar-refractivity contribution is 5.91. The van der Waals surface area contributed by atoms with Gasteiger partial charge >= 0.3 is 5.97 Å². The van der Waals surface area contributed by atoms with Crippen LogP contribution in [0.1, 0.15) is 72.0 Å². The number of nitrogens with zero attached hydrogens (tertiary/aromatic N) is 3. The van der Waals surface area contributed by atoms with Gasteiger partial charge in [-0.15, -0.1) is 5.10 Å². The van der Waals surface area contributed by atoms with Crippen LogP contribution in [0, 0.1) is 0 Å². The van der Waals surface area contributed by atoms with Crippen molar-refractivity contribution in [3.8, 4) is 51.7 Å². The van der Waals surface area contributed by atoms with Crippen molar-refractivity contribution >= 4 is 5.97 Å². The van der Waals surface area contributed by atoms with Gasteiger partial charge in [0.05, 0.1) is 36.6 Å². The maximum absolute atomic E-state index is 13.5. The Labute approximate surface area is 285 Å². The van der Waals surface area contributed by atoms with Crippen molar-refractivity contribution in [3.05, 3.63) is 65.0 Å². The molecular formula is C34H39N3O13. The topological polar surface area (TPSA) is 247 Å². The fourth-order valence-electron chi connectivity index (χ4n) is 5.52. The summed E-state index contributed by atoms with van der Waals surface area (Å²) in [6.45, 7) is 3.37. The highest BCUT2D eigenvalue weighted by Gasteiger charge is 2.45. The van der Waals surface area contributed by atoms with Crippen LogP contribution < -0.4 is 4.74 Å². The molecule has 0 radical (unpaired) electrons. The molecule has 0 amide bonds. The summed E-state index contributed by atoms with van der Waals surface area (Å²) in [7, 11) is 0. The summed E-state index contributed by atoms with van der Waals surface area (Å²) in [5, 5.41) is 89.8. The van der Waals surface area contributed by atoms with Gasteiger partial charge in [0.25, 0.3) is 0 Å². The van der Waals surface area contributed by atoms with Crippen molar-refractivity contribution in [2.24, 2.45) is 0 Å². The summed E-state index contributed by atoms with van der Waals surface area (Å²) >= 11 is 0. The molecule has 0 saturated carbocycles. The number of aromatic hydroxyl groups is 8. The Kier molecular flexibility index (Phi) is 11.2. The van der Waals surface area contributed by atoms with Gasteiger partial charge in [0, 0.05) is 36.9 Å². The Hall–Kier alpha value is -5.61. The second-order valence-electron chi connectivity index (χ2n) is 11.7. The molecule has 16 heteroatoms. The van der Waals surface area contributed by atoms with Gasteiger partial charge in [-0.3, -0.25) is 0 Å². The number of ether oxygens (including phenoxy) is 4. The van der Waals surface area contributed by atoms with Crippen LogP contribution in [0.4, 0.5) is 0 Å². The third kappa shape index (κ3) is 8.15. The molecule has 0 bridgehead atoms. The smallest absolute Gasteiger partial charge is 0.338 e. The number of phenols is 8. The summed E-state index contributed by atoms with van der Waals surface area (Å²) < 4.78 is 25.3. The molecule has 1 aliphatic heterocycles. The van der Waals surface area contributed by atoms with Gasteiger partial charge in [0.2, 0.25) is 0 Å². The molecular weight excluding hydrogens is 658 g/mol. The summed E-state index contributed by atoms with van der Waals surface area (Å²) in [6, 6.07) is 6.02. The average molecular weight is 698 g/mol. The molecule has 3 unspecified atom stereocenters. The van der Waals surface area contributed by atoms with Gasteiger partial charge in [-0.2, -0.15) is 0 Å². The number of hydrogen-bond donors (Lipinski definition) is 8. The Morgan fingerprint density at radius 1 is 0.820 bits per heavy atom. The number of benzene rings is 3. The van der Waals surface area contributed by atoms with Crippen LogP contribution in [0.3, 0.4) is 0 Å². The van der Waals surface area contributed by atoms with Crippen molar-refractivity contribution in [2.45, 2.75) is 63.9 Å². The predicted octanol–water partition coefficient (Wildman–Crippen LogP) is 4.18. The number of aromatic nitrogens is 3. The van der Waals surface area contributed by atoms with E-state index in [2.05, 4.69) is 17.2 Å². The Morgan fingerprint density at radius 3 is 2.18 bits per heavy atom. The van der Waals surface area contributed by atoms with Crippen molar-refractivity contribution in [1.29, 1.82) is 0 Å². The molecule has 2 heterocycles. The van der Waals surface area contributed by atoms with E-state index in [1.54, 1.807) is 6.20 Å². The van der Waals surface area contributed by atoms with E-state index in [0.717, 1.165) is 49.6 Å². The molecule has 3 aromatic carbocycles. The van der Waals surface area contributed by atoms with Crippen LogP contribution in [-0.4, -0.2) is 87.7 Å². The summed E-state index contributed by atoms with van der Waals surface area (Å²) in [4.78, 5) is 13.5. The molecule has 0 spiro atoms. The van der Waals surface area contributed by atoms with Gasteiger partial charge in [-0.05, 0) is 30.7 Å². The van der Waals surface area contributed by atoms with E-state index in [-0.39, 0.29) is 41.3 Å². The Morgan fingerprint density at radius 2 is 1.50 bits per heavy atom. The number of unbranched alkanes of at least 4 members (excludes halogenated alkanes) is 3. The molecule has 0 aliphatic carbocycles. The largest absolute Gasteiger partial charge is 0.508 e. The lowest BCUT2D eigenvalue weighted by Gasteiger charge is -2.39. The van der Waals surface area contributed by atoms with Crippen molar-refractivity contribution in [1.82, 2.24) is 15.0 Å². The zero-order valence-corrected chi connectivity index (χ0v) is 27.1.